The first-order valence-electron chi connectivity index (χ1n) is 5.22. The average molecular weight is 217 g/mol. The molecule has 0 aliphatic rings. The Morgan fingerprint density at radius 3 is 2.56 bits per heavy atom. The van der Waals surface area contributed by atoms with Gasteiger partial charge in [-0.25, -0.2) is 0 Å². The number of hydrogen-bond donors (Lipinski definition) is 1. The van der Waals surface area contributed by atoms with Gasteiger partial charge >= 0.3 is 0 Å². The van der Waals surface area contributed by atoms with Crippen molar-refractivity contribution >= 4 is 11.6 Å². The van der Waals surface area contributed by atoms with Crippen molar-refractivity contribution in [1.82, 2.24) is 4.90 Å². The van der Waals surface area contributed by atoms with Gasteiger partial charge in [0.15, 0.2) is 0 Å². The van der Waals surface area contributed by atoms with Crippen LogP contribution in [0.25, 0.3) is 0 Å². The van der Waals surface area contributed by atoms with Crippen molar-refractivity contribution in [2.24, 2.45) is 0 Å². The molecule has 0 aromatic heterocycles. The van der Waals surface area contributed by atoms with Crippen LogP contribution in [-0.2, 0) is 0 Å². The first-order chi connectivity index (χ1) is 7.63. The van der Waals surface area contributed by atoms with E-state index in [1.807, 2.05) is 19.9 Å². The topological polar surface area (TPSA) is 70.1 Å². The monoisotopic (exact) mass is 217 g/mol. The first kappa shape index (κ1) is 12.1. The molecular formula is C12H15N3O. The lowest BCUT2D eigenvalue weighted by atomic mass is 10.1. The summed E-state index contributed by atoms with van der Waals surface area (Å²) in [4.78, 5) is 13.7. The smallest absolute Gasteiger partial charge is 0.253 e. The molecule has 0 unspecified atom stereocenters. The molecular weight excluding hydrogens is 202 g/mol. The van der Waals surface area contributed by atoms with Crippen LogP contribution in [0, 0.1) is 11.3 Å². The second kappa shape index (κ2) is 5.17. The number of nitriles is 1. The summed E-state index contributed by atoms with van der Waals surface area (Å²) in [6, 6.07) is 6.75. The Bertz CT molecular complexity index is 430. The highest BCUT2D eigenvalue weighted by atomic mass is 16.2. The zero-order chi connectivity index (χ0) is 12.1. The third-order valence-corrected chi connectivity index (χ3v) is 2.47. The maximum atomic E-state index is 12.0. The molecule has 1 aromatic rings. The van der Waals surface area contributed by atoms with Gasteiger partial charge in [-0.1, -0.05) is 0 Å². The molecule has 1 amide bonds. The fourth-order valence-corrected chi connectivity index (χ4v) is 1.48. The Hall–Kier alpha value is -2.02. The lowest BCUT2D eigenvalue weighted by molar-refractivity contribution is 0.0773. The van der Waals surface area contributed by atoms with Crippen molar-refractivity contribution in [3.05, 3.63) is 29.3 Å². The van der Waals surface area contributed by atoms with Gasteiger partial charge in [0.1, 0.15) is 6.07 Å². The number of nitrogens with zero attached hydrogens (tertiary/aromatic N) is 2. The Balaban J connectivity index is 3.06. The van der Waals surface area contributed by atoms with Crippen LogP contribution in [0.2, 0.25) is 0 Å². The fourth-order valence-electron chi connectivity index (χ4n) is 1.48. The van der Waals surface area contributed by atoms with E-state index < -0.39 is 0 Å². The number of hydrogen-bond acceptors (Lipinski definition) is 3. The van der Waals surface area contributed by atoms with Crippen molar-refractivity contribution in [1.29, 1.82) is 5.26 Å². The van der Waals surface area contributed by atoms with Crippen LogP contribution >= 0.6 is 0 Å². The molecule has 0 atom stereocenters. The lowest BCUT2D eigenvalue weighted by Gasteiger charge is -2.18. The summed E-state index contributed by atoms with van der Waals surface area (Å²) in [5, 5.41) is 8.82. The number of anilines is 1. The van der Waals surface area contributed by atoms with E-state index in [1.165, 1.54) is 6.07 Å². The first-order valence-corrected chi connectivity index (χ1v) is 5.22. The molecule has 0 radical (unpaired) electrons. The number of nitrogen functional groups attached to an aromatic ring is 1. The van der Waals surface area contributed by atoms with Gasteiger partial charge in [-0.2, -0.15) is 5.26 Å². The number of nitrogens with two attached hydrogens (primary N) is 1. The summed E-state index contributed by atoms with van der Waals surface area (Å²) >= 11 is 0. The van der Waals surface area contributed by atoms with Gasteiger partial charge < -0.3 is 10.6 Å². The van der Waals surface area contributed by atoms with E-state index in [0.717, 1.165) is 0 Å². The van der Waals surface area contributed by atoms with Crippen molar-refractivity contribution in [2.45, 2.75) is 13.8 Å². The summed E-state index contributed by atoms with van der Waals surface area (Å²) < 4.78 is 0. The summed E-state index contributed by atoms with van der Waals surface area (Å²) in [5.41, 5.74) is 6.85. The SMILES string of the molecule is CCN(CC)C(=O)c1ccc(N)c(C#N)c1. The summed E-state index contributed by atoms with van der Waals surface area (Å²) in [7, 11) is 0. The molecule has 0 bridgehead atoms. The molecule has 0 heterocycles. The number of carbonyl (C=O) groups excluding carboxylic acids is 1. The van der Waals surface area contributed by atoms with Gasteiger partial charge in [0.05, 0.1) is 5.56 Å². The van der Waals surface area contributed by atoms with Gasteiger partial charge in [-0.05, 0) is 32.0 Å². The van der Waals surface area contributed by atoms with Gasteiger partial charge in [0.25, 0.3) is 5.91 Å². The number of benzene rings is 1. The standard InChI is InChI=1S/C12H15N3O/c1-3-15(4-2)12(16)9-5-6-11(14)10(7-9)8-13/h5-7H,3-4,14H2,1-2H3. The largest absolute Gasteiger partial charge is 0.398 e. The normalized spacial score (nSPS) is 9.56. The van der Waals surface area contributed by atoms with Crippen LogP contribution in [0.4, 0.5) is 5.69 Å². The van der Waals surface area contributed by atoms with E-state index in [4.69, 9.17) is 11.0 Å². The summed E-state index contributed by atoms with van der Waals surface area (Å²) in [6.07, 6.45) is 0. The molecule has 0 spiro atoms. The van der Waals surface area contributed by atoms with Gasteiger partial charge in [0, 0.05) is 24.3 Å². The molecule has 4 nitrogen and oxygen atoms in total. The van der Waals surface area contributed by atoms with Gasteiger partial charge in [-0.3, -0.25) is 4.79 Å². The molecule has 0 aliphatic carbocycles. The summed E-state index contributed by atoms with van der Waals surface area (Å²) in [5.74, 6) is -0.0681. The minimum absolute atomic E-state index is 0.0681. The van der Waals surface area contributed by atoms with E-state index in [0.29, 0.717) is 29.9 Å². The van der Waals surface area contributed by atoms with Gasteiger partial charge in [0.2, 0.25) is 0 Å². The maximum absolute atomic E-state index is 12.0. The van der Waals surface area contributed by atoms with Crippen LogP contribution in [0.1, 0.15) is 29.8 Å². The molecule has 0 saturated heterocycles. The minimum atomic E-state index is -0.0681. The highest BCUT2D eigenvalue weighted by Gasteiger charge is 2.13. The molecule has 16 heavy (non-hydrogen) atoms. The molecule has 4 heteroatoms. The van der Waals surface area contributed by atoms with Crippen LogP contribution in [-0.4, -0.2) is 23.9 Å². The van der Waals surface area contributed by atoms with Crippen LogP contribution in [0.15, 0.2) is 18.2 Å². The van der Waals surface area contributed by atoms with Crippen molar-refractivity contribution in [3.63, 3.8) is 0 Å². The van der Waals surface area contributed by atoms with E-state index in [1.54, 1.807) is 17.0 Å². The van der Waals surface area contributed by atoms with Crippen LogP contribution in [0.5, 0.6) is 0 Å². The van der Waals surface area contributed by atoms with Crippen LogP contribution in [0.3, 0.4) is 0 Å². The third kappa shape index (κ3) is 2.31. The molecule has 0 fully saturated rings. The van der Waals surface area contributed by atoms with Crippen molar-refractivity contribution in [2.75, 3.05) is 18.8 Å². The van der Waals surface area contributed by atoms with E-state index in [-0.39, 0.29) is 5.91 Å². The van der Waals surface area contributed by atoms with Crippen molar-refractivity contribution < 1.29 is 4.79 Å². The Labute approximate surface area is 95.3 Å². The molecule has 0 aliphatic heterocycles. The van der Waals surface area contributed by atoms with Gasteiger partial charge in [-0.15, -0.1) is 0 Å². The lowest BCUT2D eigenvalue weighted by Crippen LogP contribution is -2.30. The Kier molecular flexibility index (Phi) is 3.90. The molecule has 1 aromatic carbocycles. The highest BCUT2D eigenvalue weighted by Crippen LogP contribution is 2.14. The molecule has 84 valence electrons. The average Bonchev–Trinajstić information content (AvgIpc) is 2.31. The van der Waals surface area contributed by atoms with E-state index in [2.05, 4.69) is 0 Å². The molecule has 1 rings (SSSR count). The number of carbonyl (C=O) groups is 1. The Morgan fingerprint density at radius 2 is 2.06 bits per heavy atom. The molecule has 2 N–H and O–H groups in total. The van der Waals surface area contributed by atoms with E-state index in [9.17, 15) is 4.79 Å². The minimum Gasteiger partial charge on any atom is -0.398 e. The fraction of sp³-hybridized carbons (Fsp3) is 0.333. The van der Waals surface area contributed by atoms with Crippen LogP contribution < -0.4 is 5.73 Å². The predicted octanol–water partition coefficient (Wildman–Crippen LogP) is 1.62. The zero-order valence-corrected chi connectivity index (χ0v) is 9.53. The number of amides is 1. The Morgan fingerprint density at radius 1 is 1.44 bits per heavy atom. The molecule has 0 saturated carbocycles. The maximum Gasteiger partial charge on any atom is 0.253 e. The summed E-state index contributed by atoms with van der Waals surface area (Å²) in [6.45, 7) is 5.15. The quantitative estimate of drug-likeness (QED) is 0.782. The van der Waals surface area contributed by atoms with Crippen molar-refractivity contribution in [3.8, 4) is 6.07 Å². The second-order valence-corrected chi connectivity index (χ2v) is 3.39. The highest BCUT2D eigenvalue weighted by molar-refractivity contribution is 5.95. The third-order valence-electron chi connectivity index (χ3n) is 2.47. The number of rotatable bonds is 3. The zero-order valence-electron chi connectivity index (χ0n) is 9.53. The van der Waals surface area contributed by atoms with E-state index >= 15 is 0 Å². The predicted molar refractivity (Wildman–Crippen MR) is 62.8 cm³/mol. The second-order valence-electron chi connectivity index (χ2n) is 3.39.